The van der Waals surface area contributed by atoms with Crippen molar-refractivity contribution in [2.24, 2.45) is 11.8 Å². The van der Waals surface area contributed by atoms with Crippen LogP contribution in [0.25, 0.3) is 0 Å². The SMILES string of the molecule is CCC(C)C1CN(CC2CCC(F)(F)C2)CCN1. The number of hydrogen-bond donors (Lipinski definition) is 1. The summed E-state index contributed by atoms with van der Waals surface area (Å²) >= 11 is 0. The molecule has 0 spiro atoms. The number of halogens is 2. The van der Waals surface area contributed by atoms with Crippen LogP contribution < -0.4 is 5.32 Å². The first-order valence-electron chi connectivity index (χ1n) is 7.34. The van der Waals surface area contributed by atoms with Crippen LogP contribution in [0.3, 0.4) is 0 Å². The van der Waals surface area contributed by atoms with Crippen molar-refractivity contribution in [2.75, 3.05) is 26.2 Å². The molecule has 1 heterocycles. The summed E-state index contributed by atoms with van der Waals surface area (Å²) in [5.41, 5.74) is 0. The second kappa shape index (κ2) is 5.83. The summed E-state index contributed by atoms with van der Waals surface area (Å²) in [7, 11) is 0. The Kier molecular flexibility index (Phi) is 4.59. The Morgan fingerprint density at radius 2 is 2.22 bits per heavy atom. The number of nitrogens with one attached hydrogen (secondary N) is 1. The molecule has 3 unspecified atom stereocenters. The van der Waals surface area contributed by atoms with Gasteiger partial charge >= 0.3 is 0 Å². The van der Waals surface area contributed by atoms with Crippen LogP contribution in [-0.4, -0.2) is 43.0 Å². The first-order chi connectivity index (χ1) is 8.50. The molecule has 1 N–H and O–H groups in total. The Morgan fingerprint density at radius 3 is 2.83 bits per heavy atom. The zero-order valence-corrected chi connectivity index (χ0v) is 11.6. The average Bonchev–Trinajstić information content (AvgIpc) is 2.68. The van der Waals surface area contributed by atoms with E-state index in [0.717, 1.165) is 26.2 Å². The smallest absolute Gasteiger partial charge is 0.248 e. The Morgan fingerprint density at radius 1 is 1.44 bits per heavy atom. The van der Waals surface area contributed by atoms with Crippen molar-refractivity contribution in [2.45, 2.75) is 51.5 Å². The Hall–Kier alpha value is -0.220. The first-order valence-corrected chi connectivity index (χ1v) is 7.34. The van der Waals surface area contributed by atoms with E-state index in [1.165, 1.54) is 6.42 Å². The van der Waals surface area contributed by atoms with Gasteiger partial charge in [0.15, 0.2) is 0 Å². The molecule has 0 bridgehead atoms. The summed E-state index contributed by atoms with van der Waals surface area (Å²) in [5, 5.41) is 3.55. The molecule has 1 aliphatic heterocycles. The Labute approximate surface area is 109 Å². The van der Waals surface area contributed by atoms with Crippen molar-refractivity contribution < 1.29 is 8.78 Å². The second-order valence-electron chi connectivity index (χ2n) is 6.17. The molecule has 106 valence electrons. The molecule has 0 aromatic carbocycles. The van der Waals surface area contributed by atoms with Gasteiger partial charge in [0.2, 0.25) is 5.92 Å². The zero-order valence-electron chi connectivity index (χ0n) is 11.6. The summed E-state index contributed by atoms with van der Waals surface area (Å²) in [6.07, 6.45) is 2.07. The van der Waals surface area contributed by atoms with Crippen molar-refractivity contribution >= 4 is 0 Å². The van der Waals surface area contributed by atoms with Crippen LogP contribution in [0.15, 0.2) is 0 Å². The maximum Gasteiger partial charge on any atom is 0.248 e. The minimum Gasteiger partial charge on any atom is -0.311 e. The van der Waals surface area contributed by atoms with Gasteiger partial charge in [-0.15, -0.1) is 0 Å². The summed E-state index contributed by atoms with van der Waals surface area (Å²) in [5.74, 6) is -1.53. The maximum atomic E-state index is 13.2. The third-order valence-electron chi connectivity index (χ3n) is 4.64. The Bertz CT molecular complexity index is 271. The molecule has 18 heavy (non-hydrogen) atoms. The van der Waals surface area contributed by atoms with Crippen molar-refractivity contribution in [3.8, 4) is 0 Å². The van der Waals surface area contributed by atoms with E-state index in [0.29, 0.717) is 18.4 Å². The van der Waals surface area contributed by atoms with Crippen LogP contribution in [0, 0.1) is 11.8 Å². The molecule has 1 aliphatic carbocycles. The van der Waals surface area contributed by atoms with E-state index in [2.05, 4.69) is 24.1 Å². The van der Waals surface area contributed by atoms with E-state index in [-0.39, 0.29) is 18.8 Å². The molecule has 2 aliphatic rings. The Balaban J connectivity index is 1.79. The van der Waals surface area contributed by atoms with Crippen molar-refractivity contribution in [3.63, 3.8) is 0 Å². The number of rotatable bonds is 4. The van der Waals surface area contributed by atoms with Gasteiger partial charge in [0.05, 0.1) is 0 Å². The van der Waals surface area contributed by atoms with E-state index < -0.39 is 5.92 Å². The fourth-order valence-electron chi connectivity index (χ4n) is 3.24. The number of hydrogen-bond acceptors (Lipinski definition) is 2. The lowest BCUT2D eigenvalue weighted by Gasteiger charge is -2.37. The second-order valence-corrected chi connectivity index (χ2v) is 6.17. The van der Waals surface area contributed by atoms with Gasteiger partial charge in [-0.1, -0.05) is 20.3 Å². The van der Waals surface area contributed by atoms with E-state index in [1.54, 1.807) is 0 Å². The molecular formula is C14H26F2N2. The average molecular weight is 260 g/mol. The third kappa shape index (κ3) is 3.64. The van der Waals surface area contributed by atoms with E-state index >= 15 is 0 Å². The third-order valence-corrected chi connectivity index (χ3v) is 4.64. The van der Waals surface area contributed by atoms with Crippen LogP contribution >= 0.6 is 0 Å². The molecule has 1 saturated heterocycles. The molecule has 4 heteroatoms. The molecule has 0 radical (unpaired) electrons. The highest BCUT2D eigenvalue weighted by Gasteiger charge is 2.40. The van der Waals surface area contributed by atoms with E-state index in [4.69, 9.17) is 0 Å². The summed E-state index contributed by atoms with van der Waals surface area (Å²) in [6, 6.07) is 0.533. The largest absolute Gasteiger partial charge is 0.311 e. The lowest BCUT2D eigenvalue weighted by Crippen LogP contribution is -2.54. The van der Waals surface area contributed by atoms with Gasteiger partial charge in [-0.2, -0.15) is 0 Å². The molecule has 2 nitrogen and oxygen atoms in total. The molecule has 2 fully saturated rings. The van der Waals surface area contributed by atoms with Crippen LogP contribution in [0.5, 0.6) is 0 Å². The molecule has 3 atom stereocenters. The van der Waals surface area contributed by atoms with Crippen molar-refractivity contribution in [1.29, 1.82) is 0 Å². The summed E-state index contributed by atoms with van der Waals surface area (Å²) in [4.78, 5) is 2.39. The first kappa shape index (κ1) is 14.2. The standard InChI is InChI=1S/C14H26F2N2/c1-3-11(2)13-10-18(7-6-17-13)9-12-4-5-14(15,16)8-12/h11-13,17H,3-10H2,1-2H3. The van der Waals surface area contributed by atoms with Gasteiger partial charge in [0.25, 0.3) is 0 Å². The number of nitrogens with zero attached hydrogens (tertiary/aromatic N) is 1. The highest BCUT2D eigenvalue weighted by atomic mass is 19.3. The molecule has 0 amide bonds. The van der Waals surface area contributed by atoms with Gasteiger partial charge in [0.1, 0.15) is 0 Å². The van der Waals surface area contributed by atoms with Gasteiger partial charge < -0.3 is 10.2 Å². The lowest BCUT2D eigenvalue weighted by atomic mass is 9.96. The quantitative estimate of drug-likeness (QED) is 0.836. The van der Waals surface area contributed by atoms with Gasteiger partial charge in [-0.25, -0.2) is 8.78 Å². The summed E-state index contributed by atoms with van der Waals surface area (Å²) < 4.78 is 26.4. The number of piperazine rings is 1. The molecule has 0 aromatic heterocycles. The van der Waals surface area contributed by atoms with Gasteiger partial charge in [0, 0.05) is 45.1 Å². The fraction of sp³-hybridized carbons (Fsp3) is 1.00. The minimum absolute atomic E-state index is 0.0958. The molecule has 1 saturated carbocycles. The maximum absolute atomic E-state index is 13.2. The fourth-order valence-corrected chi connectivity index (χ4v) is 3.24. The summed E-state index contributed by atoms with van der Waals surface area (Å²) in [6.45, 7) is 8.38. The van der Waals surface area contributed by atoms with E-state index in [9.17, 15) is 8.78 Å². The molecule has 0 aromatic rings. The van der Waals surface area contributed by atoms with Gasteiger partial charge in [-0.3, -0.25) is 0 Å². The highest BCUT2D eigenvalue weighted by Crippen LogP contribution is 2.39. The zero-order chi connectivity index (χ0) is 13.2. The van der Waals surface area contributed by atoms with Crippen LogP contribution in [-0.2, 0) is 0 Å². The predicted octanol–water partition coefficient (Wildman–Crippen LogP) is 2.74. The van der Waals surface area contributed by atoms with Crippen LogP contribution in [0.1, 0.15) is 39.5 Å². The van der Waals surface area contributed by atoms with Crippen molar-refractivity contribution in [1.82, 2.24) is 10.2 Å². The van der Waals surface area contributed by atoms with Crippen LogP contribution in [0.2, 0.25) is 0 Å². The number of alkyl halides is 2. The predicted molar refractivity (Wildman–Crippen MR) is 70.0 cm³/mol. The molecule has 2 rings (SSSR count). The monoisotopic (exact) mass is 260 g/mol. The van der Waals surface area contributed by atoms with E-state index in [1.807, 2.05) is 0 Å². The lowest BCUT2D eigenvalue weighted by molar-refractivity contribution is 0.00282. The van der Waals surface area contributed by atoms with Gasteiger partial charge in [-0.05, 0) is 18.3 Å². The van der Waals surface area contributed by atoms with Crippen molar-refractivity contribution in [3.05, 3.63) is 0 Å². The minimum atomic E-state index is -2.39. The van der Waals surface area contributed by atoms with Crippen LogP contribution in [0.4, 0.5) is 8.78 Å². The topological polar surface area (TPSA) is 15.3 Å². The molecular weight excluding hydrogens is 234 g/mol. The normalized spacial score (nSPS) is 34.7. The highest BCUT2D eigenvalue weighted by molar-refractivity contribution is 4.87.